The monoisotopic (exact) mass is 532 g/mol. The molecule has 10 heteroatoms. The lowest BCUT2D eigenvalue weighted by molar-refractivity contribution is 0.0183. The van der Waals surface area contributed by atoms with Gasteiger partial charge in [0.1, 0.15) is 23.5 Å². The number of para-hydroxylation sites is 1. The summed E-state index contributed by atoms with van der Waals surface area (Å²) in [6, 6.07) is 9.27. The van der Waals surface area contributed by atoms with Crippen molar-refractivity contribution in [2.24, 2.45) is 0 Å². The quantitative estimate of drug-likeness (QED) is 0.534. The van der Waals surface area contributed by atoms with Gasteiger partial charge in [-0.15, -0.1) is 0 Å². The van der Waals surface area contributed by atoms with Crippen molar-refractivity contribution in [3.05, 3.63) is 58.7 Å². The van der Waals surface area contributed by atoms with Gasteiger partial charge in [0.2, 0.25) is 10.0 Å². The molecule has 1 N–H and O–H groups in total. The van der Waals surface area contributed by atoms with Gasteiger partial charge in [-0.1, -0.05) is 29.8 Å². The predicted octanol–water partition coefficient (Wildman–Crippen LogP) is 4.13. The van der Waals surface area contributed by atoms with E-state index in [2.05, 4.69) is 4.72 Å². The number of nitrogens with zero attached hydrogens (tertiary/aromatic N) is 1. The third-order valence-electron chi connectivity index (χ3n) is 5.96. The van der Waals surface area contributed by atoms with Crippen LogP contribution in [-0.4, -0.2) is 63.3 Å². The molecule has 0 bridgehead atoms. The number of carbonyl (C=O) groups excluding carboxylic acids is 2. The zero-order chi connectivity index (χ0) is 27.5. The number of hydrogen-bond acceptors (Lipinski definition) is 7. The number of nitrogens with one attached hydrogen (secondary N) is 1. The molecule has 2 aromatic rings. The van der Waals surface area contributed by atoms with Crippen LogP contribution < -0.4 is 9.46 Å². The summed E-state index contributed by atoms with van der Waals surface area (Å²) < 4.78 is 45.8. The number of sulfonamides is 1. The first kappa shape index (κ1) is 28.5. The van der Waals surface area contributed by atoms with E-state index in [4.69, 9.17) is 14.2 Å². The van der Waals surface area contributed by atoms with Crippen molar-refractivity contribution in [3.63, 3.8) is 0 Å². The molecule has 9 nitrogen and oxygen atoms in total. The lowest BCUT2D eigenvalue weighted by atomic mass is 10.1. The summed E-state index contributed by atoms with van der Waals surface area (Å²) in [5.74, 6) is -0.228. The van der Waals surface area contributed by atoms with Crippen molar-refractivity contribution in [1.29, 1.82) is 0 Å². The molecule has 202 valence electrons. The van der Waals surface area contributed by atoms with Crippen LogP contribution in [0.5, 0.6) is 5.75 Å². The van der Waals surface area contributed by atoms with Gasteiger partial charge in [-0.2, -0.15) is 0 Å². The minimum Gasteiger partial charge on any atom is -0.491 e. The van der Waals surface area contributed by atoms with Gasteiger partial charge in [-0.05, 0) is 71.2 Å². The first-order chi connectivity index (χ1) is 17.2. The van der Waals surface area contributed by atoms with Crippen LogP contribution in [0.4, 0.5) is 4.79 Å². The molecule has 1 heterocycles. The van der Waals surface area contributed by atoms with Gasteiger partial charge in [0.15, 0.2) is 0 Å². The molecule has 1 saturated heterocycles. The van der Waals surface area contributed by atoms with Crippen molar-refractivity contribution in [1.82, 2.24) is 9.62 Å². The Bertz CT molecular complexity index is 1240. The predicted molar refractivity (Wildman–Crippen MR) is 139 cm³/mol. The van der Waals surface area contributed by atoms with E-state index in [9.17, 15) is 18.0 Å². The van der Waals surface area contributed by atoms with Gasteiger partial charge in [0.05, 0.1) is 18.0 Å². The summed E-state index contributed by atoms with van der Waals surface area (Å²) in [5.41, 5.74) is 1.83. The van der Waals surface area contributed by atoms with Crippen LogP contribution in [0, 0.1) is 20.8 Å². The van der Waals surface area contributed by atoms with E-state index in [0.717, 1.165) is 5.56 Å². The third-order valence-corrected chi connectivity index (χ3v) is 7.79. The summed E-state index contributed by atoms with van der Waals surface area (Å²) in [7, 11) is -2.56. The maximum atomic E-state index is 13.4. The number of esters is 1. The van der Waals surface area contributed by atoms with Crippen LogP contribution >= 0.6 is 0 Å². The topological polar surface area (TPSA) is 111 Å². The Labute approximate surface area is 219 Å². The Morgan fingerprint density at radius 1 is 1.08 bits per heavy atom. The maximum absolute atomic E-state index is 13.4. The van der Waals surface area contributed by atoms with E-state index in [1.54, 1.807) is 58.9 Å². The summed E-state index contributed by atoms with van der Waals surface area (Å²) in [5, 5.41) is 0. The van der Waals surface area contributed by atoms with E-state index >= 15 is 0 Å². The van der Waals surface area contributed by atoms with Gasteiger partial charge in [-0.25, -0.2) is 22.7 Å². The molecule has 2 aromatic carbocycles. The maximum Gasteiger partial charge on any atom is 0.410 e. The van der Waals surface area contributed by atoms with Gasteiger partial charge >= 0.3 is 12.1 Å². The molecule has 0 aliphatic carbocycles. The molecule has 1 fully saturated rings. The Morgan fingerprint density at radius 3 is 2.30 bits per heavy atom. The van der Waals surface area contributed by atoms with Gasteiger partial charge < -0.3 is 19.1 Å². The van der Waals surface area contributed by atoms with Gasteiger partial charge in [-0.3, -0.25) is 0 Å². The second-order valence-corrected chi connectivity index (χ2v) is 12.0. The van der Waals surface area contributed by atoms with Gasteiger partial charge in [0, 0.05) is 12.6 Å². The molecule has 37 heavy (non-hydrogen) atoms. The van der Waals surface area contributed by atoms with E-state index in [-0.39, 0.29) is 23.6 Å². The molecule has 0 saturated carbocycles. The largest absolute Gasteiger partial charge is 0.491 e. The minimum absolute atomic E-state index is 0.0358. The molecular weight excluding hydrogens is 496 g/mol. The van der Waals surface area contributed by atoms with E-state index in [0.29, 0.717) is 23.3 Å². The highest BCUT2D eigenvalue weighted by atomic mass is 32.2. The first-order valence-corrected chi connectivity index (χ1v) is 13.6. The number of likely N-dealkylation sites (tertiary alicyclic amines) is 1. The Kier molecular flexibility index (Phi) is 8.54. The fraction of sp³-hybridized carbons (Fsp3) is 0.481. The number of amides is 1. The fourth-order valence-corrected chi connectivity index (χ4v) is 6.32. The molecule has 0 aromatic heterocycles. The highest BCUT2D eigenvalue weighted by molar-refractivity contribution is 7.89. The van der Waals surface area contributed by atoms with E-state index < -0.39 is 39.8 Å². The van der Waals surface area contributed by atoms with Crippen LogP contribution in [0.3, 0.4) is 0 Å². The van der Waals surface area contributed by atoms with Crippen LogP contribution in [-0.2, 0) is 19.5 Å². The van der Waals surface area contributed by atoms with Crippen molar-refractivity contribution in [2.75, 3.05) is 20.3 Å². The Balaban J connectivity index is 1.83. The summed E-state index contributed by atoms with van der Waals surface area (Å²) in [6.07, 6.45) is -0.255. The number of benzene rings is 2. The van der Waals surface area contributed by atoms with Crippen molar-refractivity contribution in [2.45, 2.75) is 70.5 Å². The summed E-state index contributed by atoms with van der Waals surface area (Å²) >= 11 is 0. The Hall–Kier alpha value is -3.11. The van der Waals surface area contributed by atoms with Crippen LogP contribution in [0.25, 0.3) is 0 Å². The number of ether oxygens (including phenoxy) is 3. The molecule has 3 rings (SSSR count). The minimum atomic E-state index is -3.85. The smallest absolute Gasteiger partial charge is 0.410 e. The van der Waals surface area contributed by atoms with Crippen LogP contribution in [0.15, 0.2) is 41.3 Å². The molecule has 0 radical (unpaired) electrons. The highest BCUT2D eigenvalue weighted by Gasteiger charge is 2.40. The second-order valence-electron chi connectivity index (χ2n) is 10.4. The zero-order valence-corrected chi connectivity index (χ0v) is 23.3. The molecule has 1 amide bonds. The average Bonchev–Trinajstić information content (AvgIpc) is 3.17. The van der Waals surface area contributed by atoms with Crippen molar-refractivity contribution >= 4 is 22.1 Å². The SMILES string of the molecule is COC(=O)c1ccccc1OC[C@@H]1C[C@H](NS(=O)(=O)c2c(C)cc(C)cc2C)CN1C(=O)OC(C)(C)C. The summed E-state index contributed by atoms with van der Waals surface area (Å²) in [4.78, 5) is 26.9. The number of aryl methyl sites for hydroxylation is 3. The number of hydrogen-bond donors (Lipinski definition) is 1. The van der Waals surface area contributed by atoms with Gasteiger partial charge in [0.25, 0.3) is 0 Å². The summed E-state index contributed by atoms with van der Waals surface area (Å²) in [6.45, 7) is 10.9. The molecule has 2 atom stereocenters. The standard InChI is InChI=1S/C27H36N2O7S/c1-17-12-18(2)24(19(3)13-17)37(32,33)28-20-14-21(29(15-20)26(31)36-27(4,5)6)16-35-23-11-9-8-10-22(23)25(30)34-7/h8-13,20-21,28H,14-16H2,1-7H3/t20-,21-/m0/s1. The lowest BCUT2D eigenvalue weighted by Crippen LogP contribution is -2.43. The first-order valence-electron chi connectivity index (χ1n) is 12.1. The molecule has 0 unspecified atom stereocenters. The molecular formula is C27H36N2O7S. The number of rotatable bonds is 7. The molecule has 1 aliphatic rings. The molecule has 0 spiro atoms. The van der Waals surface area contributed by atoms with Crippen molar-refractivity contribution < 1.29 is 32.2 Å². The van der Waals surface area contributed by atoms with E-state index in [1.165, 1.54) is 12.0 Å². The van der Waals surface area contributed by atoms with Crippen LogP contribution in [0.2, 0.25) is 0 Å². The highest BCUT2D eigenvalue weighted by Crippen LogP contribution is 2.27. The van der Waals surface area contributed by atoms with E-state index in [1.807, 2.05) is 19.1 Å². The Morgan fingerprint density at radius 2 is 1.70 bits per heavy atom. The lowest BCUT2D eigenvalue weighted by Gasteiger charge is -2.28. The fourth-order valence-electron chi connectivity index (χ4n) is 4.63. The third kappa shape index (κ3) is 7.01. The number of methoxy groups -OCH3 is 1. The van der Waals surface area contributed by atoms with Crippen molar-refractivity contribution in [3.8, 4) is 5.75 Å². The average molecular weight is 533 g/mol. The number of carbonyl (C=O) groups is 2. The van der Waals surface area contributed by atoms with Crippen LogP contribution in [0.1, 0.15) is 54.2 Å². The zero-order valence-electron chi connectivity index (χ0n) is 22.5. The normalized spacial score (nSPS) is 18.0. The second kappa shape index (κ2) is 11.1. The molecule has 1 aliphatic heterocycles.